The second kappa shape index (κ2) is 3.92. The second-order valence-electron chi connectivity index (χ2n) is 2.59. The van der Waals surface area contributed by atoms with Gasteiger partial charge in [0, 0.05) is 6.20 Å². The van der Waals surface area contributed by atoms with Gasteiger partial charge in [-0.2, -0.15) is 13.2 Å². The zero-order valence-corrected chi connectivity index (χ0v) is 7.05. The Hall–Kier alpha value is -1.53. The molecule has 0 aliphatic rings. The van der Waals surface area contributed by atoms with Crippen molar-refractivity contribution >= 4 is 5.78 Å². The highest BCUT2D eigenvalue weighted by molar-refractivity contribution is 5.96. The van der Waals surface area contributed by atoms with Crippen LogP contribution in [-0.4, -0.2) is 17.2 Å². The number of nitrogens with zero attached hydrogens (tertiary/aromatic N) is 1. The van der Waals surface area contributed by atoms with Gasteiger partial charge in [-0.05, 0) is 12.1 Å². The fourth-order valence-corrected chi connectivity index (χ4v) is 0.819. The average molecular weight is 225 g/mol. The van der Waals surface area contributed by atoms with Gasteiger partial charge < -0.3 is 0 Å². The summed E-state index contributed by atoms with van der Waals surface area (Å²) < 4.78 is 59.7. The van der Waals surface area contributed by atoms with Gasteiger partial charge in [-0.25, -0.2) is 8.78 Å². The molecule has 0 unspecified atom stereocenters. The lowest BCUT2D eigenvalue weighted by Crippen LogP contribution is -2.13. The minimum absolute atomic E-state index is 0.343. The van der Waals surface area contributed by atoms with Gasteiger partial charge in [-0.15, -0.1) is 0 Å². The van der Waals surface area contributed by atoms with E-state index >= 15 is 0 Å². The molecular formula is C8H4F5NO. The molecule has 15 heavy (non-hydrogen) atoms. The lowest BCUT2D eigenvalue weighted by Gasteiger charge is -2.05. The van der Waals surface area contributed by atoms with Gasteiger partial charge >= 0.3 is 12.6 Å². The molecule has 1 aromatic heterocycles. The number of rotatable bonds is 2. The maximum absolute atomic E-state index is 12.0. The van der Waals surface area contributed by atoms with Crippen molar-refractivity contribution in [2.75, 3.05) is 0 Å². The van der Waals surface area contributed by atoms with Crippen LogP contribution in [0.25, 0.3) is 0 Å². The van der Waals surface area contributed by atoms with Crippen LogP contribution in [0, 0.1) is 0 Å². The fourth-order valence-electron chi connectivity index (χ4n) is 0.819. The number of ketones is 1. The SMILES string of the molecule is O=C(c1ccc(C(F)(F)F)cn1)C(F)F. The third-order valence-electron chi connectivity index (χ3n) is 1.54. The molecule has 82 valence electrons. The minimum atomic E-state index is -4.60. The molecule has 0 aliphatic carbocycles. The molecule has 0 fully saturated rings. The quantitative estimate of drug-likeness (QED) is 0.571. The third-order valence-corrected chi connectivity index (χ3v) is 1.54. The molecule has 0 saturated heterocycles. The first-order valence-corrected chi connectivity index (χ1v) is 3.68. The molecule has 0 amide bonds. The van der Waals surface area contributed by atoms with E-state index in [9.17, 15) is 26.7 Å². The monoisotopic (exact) mass is 225 g/mol. The van der Waals surface area contributed by atoms with Gasteiger partial charge in [-0.1, -0.05) is 0 Å². The molecular weight excluding hydrogens is 221 g/mol. The number of carbonyl (C=O) groups excluding carboxylic acids is 1. The van der Waals surface area contributed by atoms with Crippen LogP contribution in [0.1, 0.15) is 16.1 Å². The molecule has 0 spiro atoms. The Kier molecular flexibility index (Phi) is 3.01. The van der Waals surface area contributed by atoms with E-state index in [1.165, 1.54) is 0 Å². The smallest absolute Gasteiger partial charge is 0.286 e. The van der Waals surface area contributed by atoms with Crippen LogP contribution in [0.15, 0.2) is 18.3 Å². The Morgan fingerprint density at radius 3 is 2.20 bits per heavy atom. The lowest BCUT2D eigenvalue weighted by atomic mass is 10.2. The molecule has 7 heteroatoms. The molecule has 0 aromatic carbocycles. The number of carbonyl (C=O) groups is 1. The first-order valence-electron chi connectivity index (χ1n) is 3.68. The average Bonchev–Trinajstić information content (AvgIpc) is 2.15. The van der Waals surface area contributed by atoms with Crippen LogP contribution in [0.5, 0.6) is 0 Å². The summed E-state index contributed by atoms with van der Waals surface area (Å²) in [5.74, 6) is -1.59. The van der Waals surface area contributed by atoms with E-state index in [1.54, 1.807) is 0 Å². The predicted octanol–water partition coefficient (Wildman–Crippen LogP) is 2.55. The molecule has 0 radical (unpaired) electrons. The van der Waals surface area contributed by atoms with Crippen molar-refractivity contribution in [2.45, 2.75) is 12.6 Å². The first kappa shape index (κ1) is 11.5. The molecule has 1 aromatic rings. The van der Waals surface area contributed by atoms with Crippen LogP contribution in [0.3, 0.4) is 0 Å². The number of aromatic nitrogens is 1. The number of halogens is 5. The van der Waals surface area contributed by atoms with Crippen molar-refractivity contribution in [3.05, 3.63) is 29.6 Å². The molecule has 0 aliphatic heterocycles. The molecule has 1 heterocycles. The highest BCUT2D eigenvalue weighted by atomic mass is 19.4. The summed E-state index contributed by atoms with van der Waals surface area (Å²) >= 11 is 0. The normalized spacial score (nSPS) is 11.9. The van der Waals surface area contributed by atoms with E-state index in [4.69, 9.17) is 0 Å². The standard InChI is InChI=1S/C8H4F5NO/c9-7(10)6(15)5-2-1-4(3-14-5)8(11,12)13/h1-3,7H. The summed E-state index contributed by atoms with van der Waals surface area (Å²) in [6.45, 7) is 0. The Labute approximate surface area is 80.7 Å². The maximum atomic E-state index is 12.0. The van der Waals surface area contributed by atoms with Crippen molar-refractivity contribution in [2.24, 2.45) is 0 Å². The fraction of sp³-hybridized carbons (Fsp3) is 0.250. The van der Waals surface area contributed by atoms with Crippen LogP contribution >= 0.6 is 0 Å². The largest absolute Gasteiger partial charge is 0.417 e. The third kappa shape index (κ3) is 2.71. The summed E-state index contributed by atoms with van der Waals surface area (Å²) in [6.07, 6.45) is -7.52. The van der Waals surface area contributed by atoms with Crippen LogP contribution in [-0.2, 0) is 6.18 Å². The van der Waals surface area contributed by atoms with E-state index in [0.717, 1.165) is 0 Å². The van der Waals surface area contributed by atoms with E-state index in [2.05, 4.69) is 4.98 Å². The van der Waals surface area contributed by atoms with Crippen molar-refractivity contribution < 1.29 is 26.7 Å². The number of hydrogen-bond acceptors (Lipinski definition) is 2. The molecule has 0 saturated carbocycles. The highest BCUT2D eigenvalue weighted by Gasteiger charge is 2.31. The summed E-state index contributed by atoms with van der Waals surface area (Å²) in [5.41, 5.74) is -1.77. The van der Waals surface area contributed by atoms with E-state index in [-0.39, 0.29) is 0 Å². The van der Waals surface area contributed by atoms with Crippen molar-refractivity contribution in [1.82, 2.24) is 4.98 Å². The Morgan fingerprint density at radius 1 is 1.27 bits per heavy atom. The second-order valence-corrected chi connectivity index (χ2v) is 2.59. The summed E-state index contributed by atoms with van der Waals surface area (Å²) in [5, 5.41) is 0. The maximum Gasteiger partial charge on any atom is 0.417 e. The topological polar surface area (TPSA) is 30.0 Å². The number of pyridine rings is 1. The van der Waals surface area contributed by atoms with Crippen molar-refractivity contribution in [3.8, 4) is 0 Å². The Bertz CT molecular complexity index is 356. The highest BCUT2D eigenvalue weighted by Crippen LogP contribution is 2.28. The van der Waals surface area contributed by atoms with E-state index in [1.807, 2.05) is 0 Å². The van der Waals surface area contributed by atoms with Crippen LogP contribution in [0.2, 0.25) is 0 Å². The Morgan fingerprint density at radius 2 is 1.87 bits per heavy atom. The number of Topliss-reactive ketones (excluding diaryl/α,β-unsaturated/α-hetero) is 1. The first-order chi connectivity index (χ1) is 6.82. The summed E-state index contributed by atoms with van der Waals surface area (Å²) in [6, 6.07) is 1.15. The lowest BCUT2D eigenvalue weighted by molar-refractivity contribution is -0.137. The van der Waals surface area contributed by atoms with Gasteiger partial charge in [-0.3, -0.25) is 9.78 Å². The molecule has 2 nitrogen and oxygen atoms in total. The van der Waals surface area contributed by atoms with Gasteiger partial charge in [0.15, 0.2) is 0 Å². The van der Waals surface area contributed by atoms with E-state index in [0.29, 0.717) is 18.3 Å². The summed E-state index contributed by atoms with van der Waals surface area (Å²) in [7, 11) is 0. The molecule has 0 N–H and O–H groups in total. The molecule has 1 rings (SSSR count). The van der Waals surface area contributed by atoms with Crippen molar-refractivity contribution in [3.63, 3.8) is 0 Å². The van der Waals surface area contributed by atoms with Crippen LogP contribution in [0.4, 0.5) is 22.0 Å². The van der Waals surface area contributed by atoms with Gasteiger partial charge in [0.25, 0.3) is 0 Å². The molecule has 0 atom stereocenters. The van der Waals surface area contributed by atoms with E-state index < -0.39 is 29.6 Å². The Balaban J connectivity index is 2.96. The van der Waals surface area contributed by atoms with Crippen LogP contribution < -0.4 is 0 Å². The minimum Gasteiger partial charge on any atom is -0.286 e. The number of alkyl halides is 5. The predicted molar refractivity (Wildman–Crippen MR) is 39.6 cm³/mol. The van der Waals surface area contributed by atoms with Gasteiger partial charge in [0.2, 0.25) is 5.78 Å². The summed E-state index contributed by atoms with van der Waals surface area (Å²) in [4.78, 5) is 13.6. The zero-order valence-electron chi connectivity index (χ0n) is 7.05. The number of hydrogen-bond donors (Lipinski definition) is 0. The van der Waals surface area contributed by atoms with Crippen molar-refractivity contribution in [1.29, 1.82) is 0 Å². The van der Waals surface area contributed by atoms with Gasteiger partial charge in [0.1, 0.15) is 5.69 Å². The molecule has 0 bridgehead atoms. The van der Waals surface area contributed by atoms with Gasteiger partial charge in [0.05, 0.1) is 5.56 Å². The zero-order chi connectivity index (χ0) is 11.6.